The molecule has 9 heteroatoms. The second-order valence-corrected chi connectivity index (χ2v) is 8.40. The summed E-state index contributed by atoms with van der Waals surface area (Å²) in [5.41, 5.74) is 2.34. The van der Waals surface area contributed by atoms with Crippen LogP contribution in [0.2, 0.25) is 5.02 Å². The summed E-state index contributed by atoms with van der Waals surface area (Å²) >= 11 is 6.18. The minimum absolute atomic E-state index is 0.0211. The summed E-state index contributed by atoms with van der Waals surface area (Å²) in [5, 5.41) is 8.40. The van der Waals surface area contributed by atoms with E-state index in [0.717, 1.165) is 5.56 Å². The highest BCUT2D eigenvalue weighted by molar-refractivity contribution is 6.31. The summed E-state index contributed by atoms with van der Waals surface area (Å²) in [6, 6.07) is 13.7. The number of hydrogen-bond acceptors (Lipinski definition) is 6. The van der Waals surface area contributed by atoms with Crippen LogP contribution < -0.4 is 10.2 Å². The van der Waals surface area contributed by atoms with Crippen LogP contribution in [0, 0.1) is 11.7 Å². The molecule has 1 aliphatic heterocycles. The molecule has 0 radical (unpaired) electrons. The Bertz CT molecular complexity index is 1300. The predicted octanol–water partition coefficient (Wildman–Crippen LogP) is 4.61. The molecular weight excluding hydrogens is 445 g/mol. The minimum atomic E-state index is -0.356. The number of piperidine rings is 1. The lowest BCUT2D eigenvalue weighted by molar-refractivity contribution is -0.125. The van der Waals surface area contributed by atoms with Crippen molar-refractivity contribution in [3.05, 3.63) is 71.3 Å². The molecule has 0 spiro atoms. The van der Waals surface area contributed by atoms with Gasteiger partial charge in [0.1, 0.15) is 29.0 Å². The lowest BCUT2D eigenvalue weighted by Crippen LogP contribution is -2.40. The molecule has 7 nitrogen and oxygen atoms in total. The Kier molecular flexibility index (Phi) is 5.92. The summed E-state index contributed by atoms with van der Waals surface area (Å²) in [6.07, 6.45) is 2.79. The Morgan fingerprint density at radius 2 is 1.97 bits per heavy atom. The molecule has 168 valence electrons. The van der Waals surface area contributed by atoms with Crippen LogP contribution in [-0.4, -0.2) is 34.1 Å². The lowest BCUT2D eigenvalue weighted by atomic mass is 9.95. The quantitative estimate of drug-likeness (QED) is 0.463. The van der Waals surface area contributed by atoms with Gasteiger partial charge in [-0.2, -0.15) is 4.98 Å². The molecule has 1 N–H and O–H groups in total. The van der Waals surface area contributed by atoms with Gasteiger partial charge in [0.25, 0.3) is 5.71 Å². The van der Waals surface area contributed by atoms with Crippen molar-refractivity contribution in [3.8, 4) is 11.3 Å². The number of rotatable bonds is 5. The van der Waals surface area contributed by atoms with Gasteiger partial charge in [-0.05, 0) is 36.6 Å². The third kappa shape index (κ3) is 4.39. The number of nitrogens with zero attached hydrogens (tertiary/aromatic N) is 4. The molecule has 0 bridgehead atoms. The van der Waals surface area contributed by atoms with Crippen molar-refractivity contribution in [2.24, 2.45) is 5.92 Å². The standard InChI is InChI=1S/C24H21ClFN5O2/c25-19-7-2-1-4-17(19)13-27-23(32)15-8-10-31(11-9-15)22-20-21(16-5-3-6-18(26)12-16)30-33-24(20)29-14-28-22/h1-7,12,14-15H,8-11,13H2,(H,27,32). The Balaban J connectivity index is 1.30. The average Bonchev–Trinajstić information content (AvgIpc) is 3.28. The first-order valence-corrected chi connectivity index (χ1v) is 11.1. The molecule has 0 atom stereocenters. The summed E-state index contributed by atoms with van der Waals surface area (Å²) < 4.78 is 19.2. The topological polar surface area (TPSA) is 84.2 Å². The number of nitrogens with one attached hydrogen (secondary N) is 1. The maximum Gasteiger partial charge on any atom is 0.263 e. The molecule has 4 aromatic rings. The van der Waals surface area contributed by atoms with Gasteiger partial charge in [-0.15, -0.1) is 0 Å². The molecule has 2 aromatic heterocycles. The van der Waals surface area contributed by atoms with E-state index in [4.69, 9.17) is 16.1 Å². The molecule has 1 fully saturated rings. The molecule has 0 aliphatic carbocycles. The van der Waals surface area contributed by atoms with Crippen molar-refractivity contribution in [2.75, 3.05) is 18.0 Å². The number of amides is 1. The number of hydrogen-bond donors (Lipinski definition) is 1. The van der Waals surface area contributed by atoms with Crippen LogP contribution in [0.3, 0.4) is 0 Å². The highest BCUT2D eigenvalue weighted by atomic mass is 35.5. The van der Waals surface area contributed by atoms with E-state index in [0.29, 0.717) is 65.7 Å². The summed E-state index contributed by atoms with van der Waals surface area (Å²) in [5.74, 6) is 0.250. The van der Waals surface area contributed by atoms with E-state index in [2.05, 4.69) is 25.3 Å². The van der Waals surface area contributed by atoms with E-state index < -0.39 is 0 Å². The van der Waals surface area contributed by atoms with Crippen LogP contribution in [0.25, 0.3) is 22.4 Å². The Morgan fingerprint density at radius 3 is 2.76 bits per heavy atom. The van der Waals surface area contributed by atoms with Crippen LogP contribution in [0.5, 0.6) is 0 Å². The van der Waals surface area contributed by atoms with Gasteiger partial charge in [-0.3, -0.25) is 4.79 Å². The van der Waals surface area contributed by atoms with Crippen molar-refractivity contribution >= 4 is 34.4 Å². The first kappa shape index (κ1) is 21.3. The SMILES string of the molecule is O=C(NCc1ccccc1Cl)C1CCN(c2ncnc3onc(-c4cccc(F)c4)c23)CC1. The molecule has 1 aliphatic rings. The molecule has 1 saturated heterocycles. The maximum atomic E-state index is 13.8. The molecule has 33 heavy (non-hydrogen) atoms. The molecule has 1 amide bonds. The first-order valence-electron chi connectivity index (χ1n) is 10.7. The van der Waals surface area contributed by atoms with Gasteiger partial charge in [0.2, 0.25) is 5.91 Å². The van der Waals surface area contributed by atoms with Gasteiger partial charge in [0, 0.05) is 36.1 Å². The molecule has 5 rings (SSSR count). The fourth-order valence-corrected chi connectivity index (χ4v) is 4.37. The van der Waals surface area contributed by atoms with Gasteiger partial charge in [0.05, 0.1) is 0 Å². The van der Waals surface area contributed by atoms with Gasteiger partial charge >= 0.3 is 0 Å². The highest BCUT2D eigenvalue weighted by Crippen LogP contribution is 2.35. The Morgan fingerprint density at radius 1 is 1.15 bits per heavy atom. The summed E-state index contributed by atoms with van der Waals surface area (Å²) in [6.45, 7) is 1.69. The second-order valence-electron chi connectivity index (χ2n) is 7.99. The van der Waals surface area contributed by atoms with Crippen LogP contribution in [0.4, 0.5) is 10.2 Å². The molecule has 2 aromatic carbocycles. The fraction of sp³-hybridized carbons (Fsp3) is 0.250. The number of benzene rings is 2. The van der Waals surface area contributed by atoms with E-state index in [-0.39, 0.29) is 17.6 Å². The van der Waals surface area contributed by atoms with E-state index >= 15 is 0 Å². The molecule has 0 saturated carbocycles. The van der Waals surface area contributed by atoms with E-state index in [9.17, 15) is 9.18 Å². The smallest absolute Gasteiger partial charge is 0.263 e. The van der Waals surface area contributed by atoms with Gasteiger partial charge in [-0.1, -0.05) is 47.1 Å². The number of carbonyl (C=O) groups excluding carboxylic acids is 1. The molecule has 0 unspecified atom stereocenters. The van der Waals surface area contributed by atoms with Crippen LogP contribution in [0.15, 0.2) is 59.4 Å². The van der Waals surface area contributed by atoms with Gasteiger partial charge in [-0.25, -0.2) is 9.37 Å². The van der Waals surface area contributed by atoms with Crippen molar-refractivity contribution in [1.82, 2.24) is 20.4 Å². The number of anilines is 1. The second kappa shape index (κ2) is 9.15. The van der Waals surface area contributed by atoms with Crippen LogP contribution >= 0.6 is 11.6 Å². The molecule has 3 heterocycles. The van der Waals surface area contributed by atoms with Gasteiger partial charge < -0.3 is 14.7 Å². The van der Waals surface area contributed by atoms with E-state index in [1.807, 2.05) is 24.3 Å². The maximum absolute atomic E-state index is 13.8. The zero-order valence-corrected chi connectivity index (χ0v) is 18.4. The number of carbonyl (C=O) groups is 1. The fourth-order valence-electron chi connectivity index (χ4n) is 4.17. The van der Waals surface area contributed by atoms with Crippen molar-refractivity contribution in [1.29, 1.82) is 0 Å². The van der Waals surface area contributed by atoms with Crippen LogP contribution in [0.1, 0.15) is 18.4 Å². The van der Waals surface area contributed by atoms with E-state index in [1.165, 1.54) is 18.5 Å². The highest BCUT2D eigenvalue weighted by Gasteiger charge is 2.28. The Labute approximate surface area is 194 Å². The van der Waals surface area contributed by atoms with E-state index in [1.54, 1.807) is 12.1 Å². The third-order valence-electron chi connectivity index (χ3n) is 5.93. The predicted molar refractivity (Wildman–Crippen MR) is 123 cm³/mol. The largest absolute Gasteiger partial charge is 0.356 e. The summed E-state index contributed by atoms with van der Waals surface area (Å²) in [4.78, 5) is 23.5. The average molecular weight is 466 g/mol. The minimum Gasteiger partial charge on any atom is -0.356 e. The third-order valence-corrected chi connectivity index (χ3v) is 6.30. The monoisotopic (exact) mass is 465 g/mol. The number of fused-ring (bicyclic) bond motifs is 1. The lowest BCUT2D eigenvalue weighted by Gasteiger charge is -2.32. The first-order chi connectivity index (χ1) is 16.1. The zero-order chi connectivity index (χ0) is 22.8. The Hall–Kier alpha value is -3.52. The number of halogens is 2. The zero-order valence-electron chi connectivity index (χ0n) is 17.7. The molecular formula is C24H21ClFN5O2. The normalized spacial score (nSPS) is 14.5. The van der Waals surface area contributed by atoms with Crippen molar-refractivity contribution in [3.63, 3.8) is 0 Å². The van der Waals surface area contributed by atoms with Gasteiger partial charge in [0.15, 0.2) is 0 Å². The van der Waals surface area contributed by atoms with Crippen molar-refractivity contribution in [2.45, 2.75) is 19.4 Å². The van der Waals surface area contributed by atoms with Crippen molar-refractivity contribution < 1.29 is 13.7 Å². The van der Waals surface area contributed by atoms with Crippen LogP contribution in [-0.2, 0) is 11.3 Å². The summed E-state index contributed by atoms with van der Waals surface area (Å²) in [7, 11) is 0. The number of aromatic nitrogens is 3.